The molecule has 1 N–H and O–H groups in total. The second-order valence-corrected chi connectivity index (χ2v) is 8.26. The van der Waals surface area contributed by atoms with Crippen molar-refractivity contribution in [3.8, 4) is 6.07 Å². The van der Waals surface area contributed by atoms with E-state index in [4.69, 9.17) is 11.6 Å². The highest BCUT2D eigenvalue weighted by Gasteiger charge is 2.40. The summed E-state index contributed by atoms with van der Waals surface area (Å²) < 4.78 is 0. The molecule has 1 saturated heterocycles. The van der Waals surface area contributed by atoms with Crippen LogP contribution in [0.25, 0.3) is 0 Å². The Hall–Kier alpha value is -1.77. The Bertz CT molecular complexity index is 710. The zero-order chi connectivity index (χ0) is 19.4. The minimum Gasteiger partial charge on any atom is -0.465 e. The van der Waals surface area contributed by atoms with Gasteiger partial charge in [-0.1, -0.05) is 30.7 Å². The third-order valence-corrected chi connectivity index (χ3v) is 6.60. The van der Waals surface area contributed by atoms with Gasteiger partial charge in [0.15, 0.2) is 0 Å². The number of hydrogen-bond acceptors (Lipinski definition) is 3. The average Bonchev–Trinajstić information content (AvgIpc) is 2.90. The van der Waals surface area contributed by atoms with Crippen molar-refractivity contribution < 1.29 is 9.90 Å². The van der Waals surface area contributed by atoms with Gasteiger partial charge in [0.25, 0.3) is 0 Å². The van der Waals surface area contributed by atoms with Crippen molar-refractivity contribution in [2.45, 2.75) is 62.9 Å². The van der Waals surface area contributed by atoms with E-state index in [2.05, 4.69) is 17.9 Å². The highest BCUT2D eigenvalue weighted by molar-refractivity contribution is 6.30. The molecule has 3 rings (SSSR count). The quantitative estimate of drug-likeness (QED) is 0.825. The summed E-state index contributed by atoms with van der Waals surface area (Å²) in [6.45, 7) is 4.40. The first-order valence-electron chi connectivity index (χ1n) is 9.90. The monoisotopic (exact) mass is 389 g/mol. The zero-order valence-electron chi connectivity index (χ0n) is 15.9. The van der Waals surface area contributed by atoms with Crippen LogP contribution in [0.5, 0.6) is 0 Å². The van der Waals surface area contributed by atoms with Crippen LogP contribution in [0, 0.1) is 11.3 Å². The van der Waals surface area contributed by atoms with Crippen LogP contribution < -0.4 is 0 Å². The van der Waals surface area contributed by atoms with Crippen molar-refractivity contribution in [2.24, 2.45) is 0 Å². The lowest BCUT2D eigenvalue weighted by Crippen LogP contribution is -2.47. The van der Waals surface area contributed by atoms with E-state index in [9.17, 15) is 15.2 Å². The lowest BCUT2D eigenvalue weighted by molar-refractivity contribution is 0.101. The molecule has 2 aliphatic rings. The van der Waals surface area contributed by atoms with Crippen molar-refractivity contribution in [2.75, 3.05) is 19.6 Å². The van der Waals surface area contributed by atoms with Crippen LogP contribution in [-0.4, -0.2) is 52.7 Å². The van der Waals surface area contributed by atoms with Gasteiger partial charge in [-0.2, -0.15) is 5.26 Å². The first kappa shape index (κ1) is 20.0. The van der Waals surface area contributed by atoms with Crippen LogP contribution in [0.1, 0.15) is 51.0 Å². The minimum absolute atomic E-state index is 0.0561. The molecule has 1 atom stereocenters. The molecule has 1 aromatic carbocycles. The second-order valence-electron chi connectivity index (χ2n) is 7.82. The molecule has 1 aromatic rings. The second kappa shape index (κ2) is 8.50. The Morgan fingerprint density at radius 1 is 1.37 bits per heavy atom. The third kappa shape index (κ3) is 4.23. The first-order valence-corrected chi connectivity index (χ1v) is 10.3. The van der Waals surface area contributed by atoms with E-state index in [-0.39, 0.29) is 6.04 Å². The van der Waals surface area contributed by atoms with Crippen molar-refractivity contribution in [1.82, 2.24) is 9.80 Å². The number of benzene rings is 1. The number of nitriles is 1. The fourth-order valence-corrected chi connectivity index (χ4v) is 4.92. The molecule has 6 heteroatoms. The maximum atomic E-state index is 11.5. The smallest absolute Gasteiger partial charge is 0.407 e. The maximum absolute atomic E-state index is 11.5. The molecule has 1 unspecified atom stereocenters. The summed E-state index contributed by atoms with van der Waals surface area (Å²) in [4.78, 5) is 15.6. The molecular weight excluding hydrogens is 362 g/mol. The number of nitrogens with zero attached hydrogens (tertiary/aromatic N) is 3. The number of amides is 1. The van der Waals surface area contributed by atoms with Gasteiger partial charge in [0, 0.05) is 36.7 Å². The molecule has 146 valence electrons. The number of halogens is 1. The molecule has 27 heavy (non-hydrogen) atoms. The number of rotatable bonds is 3. The summed E-state index contributed by atoms with van der Waals surface area (Å²) in [7, 11) is 0. The maximum Gasteiger partial charge on any atom is 0.407 e. The van der Waals surface area contributed by atoms with Crippen molar-refractivity contribution >= 4 is 17.7 Å². The lowest BCUT2D eigenvalue weighted by Gasteiger charge is -2.41. The molecule has 1 heterocycles. The zero-order valence-corrected chi connectivity index (χ0v) is 16.7. The fraction of sp³-hybridized carbons (Fsp3) is 0.619. The van der Waals surface area contributed by atoms with Gasteiger partial charge in [-0.25, -0.2) is 4.79 Å². The summed E-state index contributed by atoms with van der Waals surface area (Å²) in [5.74, 6) is 0. The number of carboxylic acid groups (broad SMARTS) is 1. The van der Waals surface area contributed by atoms with Gasteiger partial charge in [-0.05, 0) is 56.2 Å². The standard InChI is InChI=1S/C21H28ClN3O2/c1-2-18-14-24(11-4-12-25(18)20(26)27)19-7-9-21(15-23,10-8-19)16-5-3-6-17(22)13-16/h3,5-6,13,18-19H,2,4,7-12,14H2,1H3,(H,26,27). The first-order chi connectivity index (χ1) is 13.0. The third-order valence-electron chi connectivity index (χ3n) is 6.36. The van der Waals surface area contributed by atoms with E-state index in [1.165, 1.54) is 0 Å². The summed E-state index contributed by atoms with van der Waals surface area (Å²) in [6.07, 6.45) is 4.47. The predicted octanol–water partition coefficient (Wildman–Crippen LogP) is 4.51. The molecule has 0 radical (unpaired) electrons. The molecule has 2 fully saturated rings. The summed E-state index contributed by atoms with van der Waals surface area (Å²) in [6, 6.07) is 10.8. The molecule has 0 bridgehead atoms. The van der Waals surface area contributed by atoms with E-state index < -0.39 is 11.5 Å². The van der Waals surface area contributed by atoms with E-state index in [1.54, 1.807) is 4.90 Å². The van der Waals surface area contributed by atoms with Crippen molar-refractivity contribution in [3.63, 3.8) is 0 Å². The van der Waals surface area contributed by atoms with Gasteiger partial charge in [0.05, 0.1) is 11.5 Å². The SMILES string of the molecule is CCC1CN(C2CCC(C#N)(c3cccc(Cl)c3)CC2)CCCN1C(=O)O. The molecular formula is C21H28ClN3O2. The molecule has 1 aliphatic carbocycles. The topological polar surface area (TPSA) is 67.6 Å². The van der Waals surface area contributed by atoms with Gasteiger partial charge in [-0.15, -0.1) is 0 Å². The van der Waals surface area contributed by atoms with E-state index >= 15 is 0 Å². The van der Waals surface area contributed by atoms with Crippen LogP contribution in [-0.2, 0) is 5.41 Å². The van der Waals surface area contributed by atoms with Crippen LogP contribution >= 0.6 is 11.6 Å². The largest absolute Gasteiger partial charge is 0.465 e. The summed E-state index contributed by atoms with van der Waals surface area (Å²) in [5.41, 5.74) is 0.570. The summed E-state index contributed by atoms with van der Waals surface area (Å²) in [5, 5.41) is 20.1. The predicted molar refractivity (Wildman–Crippen MR) is 106 cm³/mol. The molecule has 0 aromatic heterocycles. The minimum atomic E-state index is -0.809. The Kier molecular flexibility index (Phi) is 6.29. The highest BCUT2D eigenvalue weighted by atomic mass is 35.5. The molecule has 1 amide bonds. The van der Waals surface area contributed by atoms with Gasteiger partial charge >= 0.3 is 6.09 Å². The lowest BCUT2D eigenvalue weighted by atomic mass is 9.69. The Morgan fingerprint density at radius 2 is 2.11 bits per heavy atom. The molecule has 5 nitrogen and oxygen atoms in total. The van der Waals surface area contributed by atoms with Crippen LogP contribution in [0.2, 0.25) is 5.02 Å². The molecule has 1 aliphatic heterocycles. The van der Waals surface area contributed by atoms with Crippen LogP contribution in [0.15, 0.2) is 24.3 Å². The van der Waals surface area contributed by atoms with Crippen LogP contribution in [0.3, 0.4) is 0 Å². The van der Waals surface area contributed by atoms with Crippen molar-refractivity contribution in [3.05, 3.63) is 34.9 Å². The Morgan fingerprint density at radius 3 is 2.70 bits per heavy atom. The van der Waals surface area contributed by atoms with Gasteiger partial charge in [0.2, 0.25) is 0 Å². The van der Waals surface area contributed by atoms with E-state index in [1.807, 2.05) is 24.3 Å². The summed E-state index contributed by atoms with van der Waals surface area (Å²) >= 11 is 6.15. The van der Waals surface area contributed by atoms with Gasteiger partial charge in [0.1, 0.15) is 0 Å². The van der Waals surface area contributed by atoms with Gasteiger partial charge < -0.3 is 10.0 Å². The van der Waals surface area contributed by atoms with Gasteiger partial charge in [-0.3, -0.25) is 4.90 Å². The normalized spacial score (nSPS) is 29.7. The Labute approximate surface area is 166 Å². The number of carbonyl (C=O) groups is 1. The Balaban J connectivity index is 1.69. The highest BCUT2D eigenvalue weighted by Crippen LogP contribution is 2.41. The van der Waals surface area contributed by atoms with E-state index in [0.29, 0.717) is 17.6 Å². The molecule has 1 saturated carbocycles. The van der Waals surface area contributed by atoms with Crippen molar-refractivity contribution in [1.29, 1.82) is 5.26 Å². The number of hydrogen-bond donors (Lipinski definition) is 1. The van der Waals surface area contributed by atoms with Crippen LogP contribution in [0.4, 0.5) is 4.79 Å². The van der Waals surface area contributed by atoms with E-state index in [0.717, 1.165) is 57.2 Å². The average molecular weight is 390 g/mol. The molecule has 0 spiro atoms. The fourth-order valence-electron chi connectivity index (χ4n) is 4.73.